The molecule has 0 saturated heterocycles. The van der Waals surface area contributed by atoms with Crippen LogP contribution in [0.5, 0.6) is 0 Å². The van der Waals surface area contributed by atoms with Crippen LogP contribution in [0.15, 0.2) is 42.6 Å². The Bertz CT molecular complexity index is 379. The van der Waals surface area contributed by atoms with Crippen molar-refractivity contribution >= 4 is 24.9 Å². The van der Waals surface area contributed by atoms with Crippen LogP contribution in [0.25, 0.3) is 11.3 Å². The van der Waals surface area contributed by atoms with Gasteiger partial charge >= 0.3 is 0 Å². The lowest BCUT2D eigenvalue weighted by Gasteiger charge is -2.00. The number of aromatic nitrogens is 1. The molecule has 1 heterocycles. The topological polar surface area (TPSA) is 12.9 Å². The van der Waals surface area contributed by atoms with E-state index in [-0.39, 0.29) is 0 Å². The molecule has 0 aliphatic heterocycles. The van der Waals surface area contributed by atoms with Gasteiger partial charge in [0.1, 0.15) is 7.85 Å². The molecule has 0 spiro atoms. The van der Waals surface area contributed by atoms with E-state index in [0.717, 1.165) is 16.3 Å². The summed E-state index contributed by atoms with van der Waals surface area (Å²) < 4.78 is 0. The lowest BCUT2D eigenvalue weighted by molar-refractivity contribution is 1.34. The molecule has 2 aromatic rings. The van der Waals surface area contributed by atoms with Crippen molar-refractivity contribution in [2.75, 3.05) is 0 Å². The summed E-state index contributed by atoms with van der Waals surface area (Å²) in [4.78, 5) is 4.21. The molecule has 1 aromatic heterocycles. The van der Waals surface area contributed by atoms with Crippen molar-refractivity contribution in [3.8, 4) is 11.3 Å². The quantitative estimate of drug-likeness (QED) is 0.642. The van der Waals surface area contributed by atoms with Crippen molar-refractivity contribution in [1.82, 2.24) is 4.98 Å². The molecule has 0 amide bonds. The van der Waals surface area contributed by atoms with E-state index in [0.29, 0.717) is 5.46 Å². The Balaban J connectivity index is 2.40. The Kier molecular flexibility index (Phi) is 2.55. The van der Waals surface area contributed by atoms with E-state index < -0.39 is 0 Å². The molecule has 2 radical (unpaired) electrons. The van der Waals surface area contributed by atoms with Crippen LogP contribution in [-0.2, 0) is 0 Å². The van der Waals surface area contributed by atoms with Crippen LogP contribution >= 0.6 is 11.6 Å². The Morgan fingerprint density at radius 2 is 1.71 bits per heavy atom. The van der Waals surface area contributed by atoms with Gasteiger partial charge in [-0.2, -0.15) is 0 Å². The maximum absolute atomic E-state index is 5.78. The first-order valence-corrected chi connectivity index (χ1v) is 4.61. The van der Waals surface area contributed by atoms with Gasteiger partial charge in [-0.05, 0) is 18.2 Å². The van der Waals surface area contributed by atoms with E-state index in [2.05, 4.69) is 4.98 Å². The van der Waals surface area contributed by atoms with Crippen molar-refractivity contribution in [3.63, 3.8) is 0 Å². The van der Waals surface area contributed by atoms with E-state index in [9.17, 15) is 0 Å². The summed E-state index contributed by atoms with van der Waals surface area (Å²) in [6.07, 6.45) is 1.64. The van der Waals surface area contributed by atoms with Gasteiger partial charge in [0.15, 0.2) is 0 Å². The highest BCUT2D eigenvalue weighted by Crippen LogP contribution is 2.18. The highest BCUT2D eigenvalue weighted by molar-refractivity contribution is 6.32. The second-order valence-corrected chi connectivity index (χ2v) is 3.42. The molecule has 0 unspecified atom stereocenters. The third-order valence-electron chi connectivity index (χ3n) is 1.93. The van der Waals surface area contributed by atoms with Crippen molar-refractivity contribution in [2.24, 2.45) is 0 Å². The lowest BCUT2D eigenvalue weighted by atomic mass is 9.98. The second kappa shape index (κ2) is 3.85. The van der Waals surface area contributed by atoms with E-state index >= 15 is 0 Å². The number of rotatable bonds is 1. The molecule has 0 aliphatic carbocycles. The summed E-state index contributed by atoms with van der Waals surface area (Å²) >= 11 is 5.78. The van der Waals surface area contributed by atoms with Crippen LogP contribution in [0.4, 0.5) is 0 Å². The Labute approximate surface area is 89.2 Å². The first-order chi connectivity index (χ1) is 6.75. The minimum absolute atomic E-state index is 0.669. The van der Waals surface area contributed by atoms with Gasteiger partial charge in [-0.1, -0.05) is 35.3 Å². The molecule has 0 fully saturated rings. The summed E-state index contributed by atoms with van der Waals surface area (Å²) in [6, 6.07) is 11.3. The minimum Gasteiger partial charge on any atom is -0.257 e. The average molecular weight is 199 g/mol. The Morgan fingerprint density at radius 3 is 2.29 bits per heavy atom. The van der Waals surface area contributed by atoms with E-state index in [1.807, 2.05) is 36.4 Å². The number of benzene rings is 1. The normalized spacial score (nSPS) is 10.1. The van der Waals surface area contributed by atoms with Gasteiger partial charge in [0, 0.05) is 16.8 Å². The SMILES string of the molecule is [B]c1ccc(-c2ccc(Cl)cc2)nc1. The summed E-state index contributed by atoms with van der Waals surface area (Å²) in [5, 5.41) is 0.726. The second-order valence-electron chi connectivity index (χ2n) is 2.98. The fourth-order valence-corrected chi connectivity index (χ4v) is 1.32. The molecule has 0 aliphatic rings. The fourth-order valence-electron chi connectivity index (χ4n) is 1.20. The molecular formula is C11H7BClN. The summed E-state index contributed by atoms with van der Waals surface area (Å²) in [6.45, 7) is 0. The third-order valence-corrected chi connectivity index (χ3v) is 2.18. The zero-order valence-corrected chi connectivity index (χ0v) is 8.20. The highest BCUT2D eigenvalue weighted by Gasteiger charge is 1.97. The summed E-state index contributed by atoms with van der Waals surface area (Å²) in [5.74, 6) is 0. The zero-order valence-electron chi connectivity index (χ0n) is 7.44. The van der Waals surface area contributed by atoms with Crippen molar-refractivity contribution in [3.05, 3.63) is 47.6 Å². The van der Waals surface area contributed by atoms with E-state index in [1.54, 1.807) is 6.20 Å². The van der Waals surface area contributed by atoms with Gasteiger partial charge in [-0.25, -0.2) is 0 Å². The van der Waals surface area contributed by atoms with E-state index in [4.69, 9.17) is 19.4 Å². The maximum atomic E-state index is 5.78. The maximum Gasteiger partial charge on any atom is 0.115 e. The fraction of sp³-hybridized carbons (Fsp3) is 0. The Hall–Kier alpha value is -1.28. The third kappa shape index (κ3) is 1.96. The lowest BCUT2D eigenvalue weighted by Crippen LogP contribution is -2.01. The minimum atomic E-state index is 0.669. The van der Waals surface area contributed by atoms with Crippen LogP contribution < -0.4 is 5.46 Å². The van der Waals surface area contributed by atoms with Crippen LogP contribution in [0.1, 0.15) is 0 Å². The van der Waals surface area contributed by atoms with Gasteiger partial charge in [0.25, 0.3) is 0 Å². The molecule has 0 bridgehead atoms. The van der Waals surface area contributed by atoms with Gasteiger partial charge in [0.2, 0.25) is 0 Å². The van der Waals surface area contributed by atoms with Crippen LogP contribution in [-0.4, -0.2) is 12.8 Å². The molecule has 14 heavy (non-hydrogen) atoms. The molecule has 0 N–H and O–H groups in total. The Morgan fingerprint density at radius 1 is 1.00 bits per heavy atom. The van der Waals surface area contributed by atoms with Crippen molar-refractivity contribution in [2.45, 2.75) is 0 Å². The van der Waals surface area contributed by atoms with Crippen molar-refractivity contribution < 1.29 is 0 Å². The van der Waals surface area contributed by atoms with Crippen LogP contribution in [0.2, 0.25) is 5.02 Å². The molecule has 3 heteroatoms. The van der Waals surface area contributed by atoms with Crippen LogP contribution in [0.3, 0.4) is 0 Å². The van der Waals surface area contributed by atoms with E-state index in [1.165, 1.54) is 0 Å². The smallest absolute Gasteiger partial charge is 0.115 e. The van der Waals surface area contributed by atoms with Crippen LogP contribution in [0, 0.1) is 0 Å². The summed E-state index contributed by atoms with van der Waals surface area (Å²) in [5.41, 5.74) is 2.60. The predicted molar refractivity (Wildman–Crippen MR) is 60.1 cm³/mol. The number of hydrogen-bond donors (Lipinski definition) is 0. The zero-order chi connectivity index (χ0) is 9.97. The molecule has 0 atom stereocenters. The number of hydrogen-bond acceptors (Lipinski definition) is 1. The number of pyridine rings is 1. The average Bonchev–Trinajstić information content (AvgIpc) is 2.21. The first kappa shape index (κ1) is 9.29. The summed E-state index contributed by atoms with van der Waals surface area (Å²) in [7, 11) is 5.55. The molecule has 1 aromatic carbocycles. The van der Waals surface area contributed by atoms with Gasteiger partial charge in [-0.3, -0.25) is 4.98 Å². The molecule has 66 valence electrons. The molecular weight excluding hydrogens is 192 g/mol. The number of nitrogens with zero attached hydrogens (tertiary/aromatic N) is 1. The van der Waals surface area contributed by atoms with Crippen molar-refractivity contribution in [1.29, 1.82) is 0 Å². The van der Waals surface area contributed by atoms with Gasteiger partial charge in [0.05, 0.1) is 5.69 Å². The highest BCUT2D eigenvalue weighted by atomic mass is 35.5. The van der Waals surface area contributed by atoms with Gasteiger partial charge < -0.3 is 0 Å². The molecule has 0 saturated carbocycles. The van der Waals surface area contributed by atoms with Gasteiger partial charge in [-0.15, -0.1) is 0 Å². The predicted octanol–water partition coefficient (Wildman–Crippen LogP) is 2.20. The largest absolute Gasteiger partial charge is 0.257 e. The monoisotopic (exact) mass is 199 g/mol. The molecule has 2 rings (SSSR count). The number of halogens is 1. The molecule has 1 nitrogen and oxygen atoms in total. The first-order valence-electron chi connectivity index (χ1n) is 4.23. The standard InChI is InChI=1S/C11H7BClN/c12-9-3-6-11(14-7-9)8-1-4-10(13)5-2-8/h1-7H.